The van der Waals surface area contributed by atoms with Gasteiger partial charge in [0.15, 0.2) is 0 Å². The Kier molecular flexibility index (Phi) is 2.68. The van der Waals surface area contributed by atoms with E-state index < -0.39 is 0 Å². The molecule has 1 aromatic carbocycles. The molecule has 106 valence electrons. The van der Waals surface area contributed by atoms with E-state index in [0.717, 1.165) is 24.8 Å². The fraction of sp³-hybridized carbons (Fsp3) is 0.588. The highest BCUT2D eigenvalue weighted by Crippen LogP contribution is 2.50. The molecule has 2 aromatic rings. The Balaban J connectivity index is 1.72. The zero-order valence-electron chi connectivity index (χ0n) is 12.2. The Labute approximate surface area is 120 Å². The summed E-state index contributed by atoms with van der Waals surface area (Å²) in [7, 11) is 0. The third kappa shape index (κ3) is 1.72. The van der Waals surface area contributed by atoms with Crippen LogP contribution in [0, 0.1) is 11.8 Å². The molecule has 3 heteroatoms. The number of aromatic nitrogens is 2. The van der Waals surface area contributed by atoms with E-state index in [0.29, 0.717) is 0 Å². The molecule has 20 heavy (non-hydrogen) atoms. The third-order valence-corrected chi connectivity index (χ3v) is 5.55. The molecule has 0 amide bonds. The lowest BCUT2D eigenvalue weighted by atomic mass is 9.78. The highest BCUT2D eigenvalue weighted by atomic mass is 15.3. The van der Waals surface area contributed by atoms with E-state index in [1.807, 2.05) is 0 Å². The average Bonchev–Trinajstić information content (AvgIpc) is 3.12. The van der Waals surface area contributed by atoms with E-state index in [1.165, 1.54) is 42.3 Å². The minimum absolute atomic E-state index is 0.00138. The van der Waals surface area contributed by atoms with Crippen LogP contribution in [0.4, 0.5) is 0 Å². The van der Waals surface area contributed by atoms with Crippen molar-refractivity contribution in [2.24, 2.45) is 17.6 Å². The zero-order chi connectivity index (χ0) is 13.7. The Hall–Kier alpha value is -1.35. The van der Waals surface area contributed by atoms with Gasteiger partial charge in [-0.3, -0.25) is 4.68 Å². The third-order valence-electron chi connectivity index (χ3n) is 5.55. The van der Waals surface area contributed by atoms with Crippen molar-refractivity contribution >= 4 is 10.9 Å². The lowest BCUT2D eigenvalue weighted by Crippen LogP contribution is -2.47. The van der Waals surface area contributed by atoms with Crippen LogP contribution in [-0.4, -0.2) is 15.3 Å². The molecule has 2 bridgehead atoms. The zero-order valence-corrected chi connectivity index (χ0v) is 12.2. The molecule has 3 nitrogen and oxygen atoms in total. The number of hydrogen-bond acceptors (Lipinski definition) is 2. The second-order valence-electron chi connectivity index (χ2n) is 6.77. The summed E-state index contributed by atoms with van der Waals surface area (Å²) >= 11 is 0. The number of hydrogen-bond donors (Lipinski definition) is 1. The average molecular weight is 269 g/mol. The van der Waals surface area contributed by atoms with Crippen LogP contribution in [-0.2, 0) is 13.0 Å². The molecule has 0 aliphatic heterocycles. The number of para-hydroxylation sites is 1. The van der Waals surface area contributed by atoms with Gasteiger partial charge in [0, 0.05) is 23.9 Å². The van der Waals surface area contributed by atoms with Crippen molar-refractivity contribution in [2.75, 3.05) is 0 Å². The van der Waals surface area contributed by atoms with Crippen LogP contribution in [0.5, 0.6) is 0 Å². The van der Waals surface area contributed by atoms with Gasteiger partial charge in [-0.15, -0.1) is 0 Å². The molecule has 2 N–H and O–H groups in total. The van der Waals surface area contributed by atoms with E-state index in [1.54, 1.807) is 0 Å². The molecule has 0 radical (unpaired) electrons. The number of rotatable bonds is 3. The highest BCUT2D eigenvalue weighted by Gasteiger charge is 2.48. The fourth-order valence-corrected chi connectivity index (χ4v) is 4.58. The van der Waals surface area contributed by atoms with Crippen LogP contribution in [0.15, 0.2) is 24.3 Å². The first kappa shape index (κ1) is 12.4. The van der Waals surface area contributed by atoms with Crippen LogP contribution in [0.2, 0.25) is 0 Å². The standard InChI is InChI=1S/C17H23N3/c1-2-20-16-6-4-3-5-14(16)15(19-20)11-17(18)10-12-7-8-13(17)9-12/h3-6,12-13H,2,7-11,18H2,1H3. The Bertz CT molecular complexity index is 645. The van der Waals surface area contributed by atoms with Crippen molar-refractivity contribution in [2.45, 2.75) is 51.1 Å². The predicted octanol–water partition coefficient (Wildman–Crippen LogP) is 3.12. The predicted molar refractivity (Wildman–Crippen MR) is 81.5 cm³/mol. The van der Waals surface area contributed by atoms with E-state index >= 15 is 0 Å². The SMILES string of the molecule is CCn1nc(CC2(N)CC3CCC2C3)c2ccccc21. The Morgan fingerprint density at radius 1 is 1.35 bits per heavy atom. The number of aryl methyl sites for hydroxylation is 1. The molecule has 2 aliphatic rings. The summed E-state index contributed by atoms with van der Waals surface area (Å²) in [5, 5.41) is 6.13. The molecule has 2 saturated carbocycles. The van der Waals surface area contributed by atoms with Gasteiger partial charge in [-0.1, -0.05) is 24.6 Å². The minimum atomic E-state index is -0.00138. The second kappa shape index (κ2) is 4.32. The van der Waals surface area contributed by atoms with E-state index in [2.05, 4.69) is 35.9 Å². The van der Waals surface area contributed by atoms with Crippen molar-refractivity contribution in [3.8, 4) is 0 Å². The van der Waals surface area contributed by atoms with Gasteiger partial charge < -0.3 is 5.73 Å². The largest absolute Gasteiger partial charge is 0.324 e. The first-order chi connectivity index (χ1) is 9.69. The monoisotopic (exact) mass is 269 g/mol. The van der Waals surface area contributed by atoms with E-state index in [4.69, 9.17) is 10.8 Å². The first-order valence-corrected chi connectivity index (χ1v) is 7.93. The molecule has 3 unspecified atom stereocenters. The second-order valence-corrected chi connectivity index (χ2v) is 6.77. The minimum Gasteiger partial charge on any atom is -0.324 e. The van der Waals surface area contributed by atoms with Gasteiger partial charge in [0.1, 0.15) is 0 Å². The molecule has 1 aromatic heterocycles. The van der Waals surface area contributed by atoms with Gasteiger partial charge in [-0.05, 0) is 44.1 Å². The highest BCUT2D eigenvalue weighted by molar-refractivity contribution is 5.82. The summed E-state index contributed by atoms with van der Waals surface area (Å²) in [6.07, 6.45) is 6.22. The summed E-state index contributed by atoms with van der Waals surface area (Å²) in [6.45, 7) is 3.07. The Morgan fingerprint density at radius 3 is 2.90 bits per heavy atom. The van der Waals surface area contributed by atoms with E-state index in [-0.39, 0.29) is 5.54 Å². The topological polar surface area (TPSA) is 43.8 Å². The first-order valence-electron chi connectivity index (χ1n) is 7.93. The van der Waals surface area contributed by atoms with Gasteiger partial charge in [0.05, 0.1) is 11.2 Å². The van der Waals surface area contributed by atoms with Crippen LogP contribution < -0.4 is 5.73 Å². The molecule has 2 aliphatic carbocycles. The molecular weight excluding hydrogens is 246 g/mol. The smallest absolute Gasteiger partial charge is 0.0721 e. The van der Waals surface area contributed by atoms with E-state index in [9.17, 15) is 0 Å². The maximum Gasteiger partial charge on any atom is 0.0721 e. The van der Waals surface area contributed by atoms with Crippen molar-refractivity contribution in [3.63, 3.8) is 0 Å². The maximum atomic E-state index is 6.77. The number of benzene rings is 1. The lowest BCUT2D eigenvalue weighted by Gasteiger charge is -2.33. The molecule has 0 spiro atoms. The number of fused-ring (bicyclic) bond motifs is 3. The summed E-state index contributed by atoms with van der Waals surface area (Å²) in [4.78, 5) is 0. The molecule has 4 rings (SSSR count). The van der Waals surface area contributed by atoms with Gasteiger partial charge in [0.25, 0.3) is 0 Å². The molecule has 1 heterocycles. The summed E-state index contributed by atoms with van der Waals surface area (Å²) < 4.78 is 2.11. The van der Waals surface area contributed by atoms with Crippen molar-refractivity contribution in [1.82, 2.24) is 9.78 Å². The van der Waals surface area contributed by atoms with Gasteiger partial charge in [0.2, 0.25) is 0 Å². The Morgan fingerprint density at radius 2 is 2.20 bits per heavy atom. The molecule has 3 atom stereocenters. The van der Waals surface area contributed by atoms with Crippen LogP contribution in [0.1, 0.15) is 38.3 Å². The van der Waals surface area contributed by atoms with Crippen LogP contribution in [0.25, 0.3) is 10.9 Å². The molecule has 2 fully saturated rings. The van der Waals surface area contributed by atoms with Crippen LogP contribution in [0.3, 0.4) is 0 Å². The quantitative estimate of drug-likeness (QED) is 0.930. The number of nitrogens with zero attached hydrogens (tertiary/aromatic N) is 2. The molecular formula is C17H23N3. The van der Waals surface area contributed by atoms with Crippen molar-refractivity contribution < 1.29 is 0 Å². The fourth-order valence-electron chi connectivity index (χ4n) is 4.58. The summed E-state index contributed by atoms with van der Waals surface area (Å²) in [5.41, 5.74) is 9.22. The lowest BCUT2D eigenvalue weighted by molar-refractivity contribution is 0.267. The van der Waals surface area contributed by atoms with Gasteiger partial charge in [-0.2, -0.15) is 5.10 Å². The van der Waals surface area contributed by atoms with Crippen LogP contribution >= 0.6 is 0 Å². The number of nitrogens with two attached hydrogens (primary N) is 1. The molecule has 0 saturated heterocycles. The van der Waals surface area contributed by atoms with Gasteiger partial charge in [-0.25, -0.2) is 0 Å². The normalized spacial score (nSPS) is 32.3. The van der Waals surface area contributed by atoms with Crippen molar-refractivity contribution in [3.05, 3.63) is 30.0 Å². The maximum absolute atomic E-state index is 6.77. The summed E-state index contributed by atoms with van der Waals surface area (Å²) in [6, 6.07) is 8.56. The van der Waals surface area contributed by atoms with Gasteiger partial charge >= 0.3 is 0 Å². The van der Waals surface area contributed by atoms with Crippen molar-refractivity contribution in [1.29, 1.82) is 0 Å². The summed E-state index contributed by atoms with van der Waals surface area (Å²) in [5.74, 6) is 1.60.